The van der Waals surface area contributed by atoms with Crippen LogP contribution in [0.5, 0.6) is 5.75 Å². The molecule has 2 heterocycles. The first-order valence-corrected chi connectivity index (χ1v) is 8.30. The first kappa shape index (κ1) is 14.7. The van der Waals surface area contributed by atoms with Crippen molar-refractivity contribution in [2.24, 2.45) is 0 Å². The van der Waals surface area contributed by atoms with Gasteiger partial charge in [0.05, 0.1) is 17.1 Å². The highest BCUT2D eigenvalue weighted by Crippen LogP contribution is 2.29. The predicted octanol–water partition coefficient (Wildman–Crippen LogP) is 3.73. The lowest BCUT2D eigenvalue weighted by Gasteiger charge is -2.36. The number of hydrogen-bond donors (Lipinski definition) is 0. The van der Waals surface area contributed by atoms with Gasteiger partial charge in [0.25, 0.3) is 0 Å². The Kier molecular flexibility index (Phi) is 4.68. The zero-order chi connectivity index (χ0) is 14.7. The number of methoxy groups -OCH3 is 1. The van der Waals surface area contributed by atoms with E-state index in [0.717, 1.165) is 42.8 Å². The van der Waals surface area contributed by atoms with Gasteiger partial charge < -0.3 is 9.64 Å². The highest BCUT2D eigenvalue weighted by Gasteiger charge is 2.19. The zero-order valence-electron chi connectivity index (χ0n) is 12.1. The average molecular weight is 323 g/mol. The second-order valence-corrected chi connectivity index (χ2v) is 6.94. The van der Waals surface area contributed by atoms with Crippen LogP contribution in [0.25, 0.3) is 0 Å². The Bertz CT molecular complexity index is 593. The Balaban J connectivity index is 1.60. The molecule has 0 atom stereocenters. The third-order valence-corrected chi connectivity index (χ3v) is 5.02. The fourth-order valence-electron chi connectivity index (χ4n) is 2.70. The van der Waals surface area contributed by atoms with Crippen molar-refractivity contribution < 1.29 is 4.74 Å². The van der Waals surface area contributed by atoms with E-state index in [-0.39, 0.29) is 0 Å². The summed E-state index contributed by atoms with van der Waals surface area (Å²) >= 11 is 7.67. The van der Waals surface area contributed by atoms with Crippen LogP contribution in [0.2, 0.25) is 4.34 Å². The summed E-state index contributed by atoms with van der Waals surface area (Å²) in [7, 11) is 1.73. The molecule has 1 aliphatic heterocycles. The highest BCUT2D eigenvalue weighted by molar-refractivity contribution is 7.16. The van der Waals surface area contributed by atoms with Crippen molar-refractivity contribution in [1.82, 2.24) is 4.90 Å². The molecular weight excluding hydrogens is 304 g/mol. The van der Waals surface area contributed by atoms with Gasteiger partial charge in [-0.3, -0.25) is 4.90 Å². The summed E-state index contributed by atoms with van der Waals surface area (Å²) in [6, 6.07) is 12.3. The minimum Gasteiger partial charge on any atom is -0.495 e. The molecule has 5 heteroatoms. The molecule has 0 unspecified atom stereocenters. The quantitative estimate of drug-likeness (QED) is 0.853. The Morgan fingerprint density at radius 1 is 1.10 bits per heavy atom. The molecule has 1 aromatic heterocycles. The van der Waals surface area contributed by atoms with Crippen molar-refractivity contribution in [2.75, 3.05) is 38.2 Å². The molecule has 0 aliphatic carbocycles. The molecule has 0 bridgehead atoms. The summed E-state index contributed by atoms with van der Waals surface area (Å²) in [6.45, 7) is 5.18. The van der Waals surface area contributed by atoms with E-state index in [9.17, 15) is 0 Å². The smallest absolute Gasteiger partial charge is 0.142 e. The minimum atomic E-state index is 0.873. The summed E-state index contributed by atoms with van der Waals surface area (Å²) in [5.41, 5.74) is 1.19. The van der Waals surface area contributed by atoms with E-state index in [1.807, 2.05) is 18.2 Å². The zero-order valence-corrected chi connectivity index (χ0v) is 13.7. The van der Waals surface area contributed by atoms with Gasteiger partial charge in [0.2, 0.25) is 0 Å². The van der Waals surface area contributed by atoms with E-state index >= 15 is 0 Å². The number of piperazine rings is 1. The van der Waals surface area contributed by atoms with Gasteiger partial charge in [-0.1, -0.05) is 23.7 Å². The van der Waals surface area contributed by atoms with Gasteiger partial charge in [0, 0.05) is 37.6 Å². The number of hydrogen-bond acceptors (Lipinski definition) is 4. The summed E-state index contributed by atoms with van der Waals surface area (Å²) in [5.74, 6) is 0.955. The number of benzene rings is 1. The van der Waals surface area contributed by atoms with Gasteiger partial charge in [-0.25, -0.2) is 0 Å². The van der Waals surface area contributed by atoms with Gasteiger partial charge in [-0.05, 0) is 24.3 Å². The highest BCUT2D eigenvalue weighted by atomic mass is 35.5. The topological polar surface area (TPSA) is 15.7 Å². The monoisotopic (exact) mass is 322 g/mol. The van der Waals surface area contributed by atoms with Crippen LogP contribution in [-0.4, -0.2) is 38.2 Å². The summed E-state index contributed by atoms with van der Waals surface area (Å²) in [4.78, 5) is 6.22. The van der Waals surface area contributed by atoms with Crippen LogP contribution in [0.1, 0.15) is 4.88 Å². The minimum absolute atomic E-state index is 0.873. The van der Waals surface area contributed by atoms with Crippen LogP contribution in [0.4, 0.5) is 5.69 Å². The Labute approximate surface area is 134 Å². The molecule has 0 amide bonds. The van der Waals surface area contributed by atoms with Crippen LogP contribution >= 0.6 is 22.9 Å². The molecule has 1 aliphatic rings. The molecule has 2 aromatic rings. The number of para-hydroxylation sites is 2. The first-order valence-electron chi connectivity index (χ1n) is 7.11. The standard InChI is InChI=1S/C16H19ClN2OS/c1-20-15-5-3-2-4-14(15)19-10-8-18(9-11-19)12-13-6-7-16(17)21-13/h2-7H,8-12H2,1H3. The largest absolute Gasteiger partial charge is 0.495 e. The number of thiophene rings is 1. The van der Waals surface area contributed by atoms with E-state index in [1.165, 1.54) is 10.6 Å². The molecule has 21 heavy (non-hydrogen) atoms. The van der Waals surface area contributed by atoms with Crippen LogP contribution < -0.4 is 9.64 Å². The van der Waals surface area contributed by atoms with E-state index in [4.69, 9.17) is 16.3 Å². The van der Waals surface area contributed by atoms with Crippen molar-refractivity contribution in [1.29, 1.82) is 0 Å². The Hall–Kier alpha value is -1.23. The number of halogens is 1. The Morgan fingerprint density at radius 2 is 1.86 bits per heavy atom. The van der Waals surface area contributed by atoms with Crippen LogP contribution in [0.3, 0.4) is 0 Å². The Morgan fingerprint density at radius 3 is 2.52 bits per heavy atom. The molecule has 3 rings (SSSR count). The maximum atomic E-state index is 5.99. The fourth-order valence-corrected chi connectivity index (χ4v) is 3.83. The number of anilines is 1. The van der Waals surface area contributed by atoms with Gasteiger partial charge in [-0.2, -0.15) is 0 Å². The molecule has 0 radical (unpaired) electrons. The van der Waals surface area contributed by atoms with Gasteiger partial charge in [0.1, 0.15) is 5.75 Å². The summed E-state index contributed by atoms with van der Waals surface area (Å²) < 4.78 is 6.33. The molecule has 1 saturated heterocycles. The van der Waals surface area contributed by atoms with Crippen molar-refractivity contribution in [2.45, 2.75) is 6.54 Å². The maximum Gasteiger partial charge on any atom is 0.142 e. The first-order chi connectivity index (χ1) is 10.3. The van der Waals surface area contributed by atoms with Gasteiger partial charge >= 0.3 is 0 Å². The lowest BCUT2D eigenvalue weighted by molar-refractivity contribution is 0.251. The van der Waals surface area contributed by atoms with E-state index in [0.29, 0.717) is 0 Å². The van der Waals surface area contributed by atoms with Crippen LogP contribution in [0.15, 0.2) is 36.4 Å². The average Bonchev–Trinajstić information content (AvgIpc) is 2.93. The summed E-state index contributed by atoms with van der Waals surface area (Å²) in [6.07, 6.45) is 0. The van der Waals surface area contributed by atoms with Crippen LogP contribution in [-0.2, 0) is 6.54 Å². The summed E-state index contributed by atoms with van der Waals surface area (Å²) in [5, 5.41) is 0. The maximum absolute atomic E-state index is 5.99. The molecule has 0 spiro atoms. The fraction of sp³-hybridized carbons (Fsp3) is 0.375. The third kappa shape index (κ3) is 3.51. The van der Waals surface area contributed by atoms with E-state index in [2.05, 4.69) is 28.0 Å². The molecule has 0 saturated carbocycles. The number of ether oxygens (including phenoxy) is 1. The molecule has 112 valence electrons. The molecule has 3 nitrogen and oxygen atoms in total. The predicted molar refractivity (Wildman–Crippen MR) is 89.8 cm³/mol. The third-order valence-electron chi connectivity index (χ3n) is 3.81. The van der Waals surface area contributed by atoms with Crippen molar-refractivity contribution >= 4 is 28.6 Å². The van der Waals surface area contributed by atoms with Gasteiger partial charge in [0.15, 0.2) is 0 Å². The molecule has 0 N–H and O–H groups in total. The SMILES string of the molecule is COc1ccccc1N1CCN(Cc2ccc(Cl)s2)CC1. The second-order valence-electron chi connectivity index (χ2n) is 5.14. The van der Waals surface area contributed by atoms with Crippen LogP contribution in [0, 0.1) is 0 Å². The number of nitrogens with zero attached hydrogens (tertiary/aromatic N) is 2. The number of rotatable bonds is 4. The van der Waals surface area contributed by atoms with Crippen molar-refractivity contribution in [3.63, 3.8) is 0 Å². The molecular formula is C16H19ClN2OS. The molecule has 1 fully saturated rings. The van der Waals surface area contributed by atoms with Gasteiger partial charge in [-0.15, -0.1) is 11.3 Å². The lowest BCUT2D eigenvalue weighted by Crippen LogP contribution is -2.45. The lowest BCUT2D eigenvalue weighted by atomic mass is 10.2. The normalized spacial score (nSPS) is 16.2. The van der Waals surface area contributed by atoms with E-state index < -0.39 is 0 Å². The molecule has 1 aromatic carbocycles. The van der Waals surface area contributed by atoms with E-state index in [1.54, 1.807) is 18.4 Å². The van der Waals surface area contributed by atoms with Crippen molar-refractivity contribution in [3.05, 3.63) is 45.6 Å². The second kappa shape index (κ2) is 6.69. The van der Waals surface area contributed by atoms with Crippen molar-refractivity contribution in [3.8, 4) is 5.75 Å².